The van der Waals surface area contributed by atoms with Crippen molar-refractivity contribution in [1.82, 2.24) is 4.98 Å². The van der Waals surface area contributed by atoms with Gasteiger partial charge in [-0.25, -0.2) is 0 Å². The van der Waals surface area contributed by atoms with Crippen LogP contribution < -0.4 is 4.74 Å². The second-order valence-electron chi connectivity index (χ2n) is 9.29. The molecule has 1 aromatic heterocycles. The Morgan fingerprint density at radius 1 is 0.757 bits per heavy atom. The van der Waals surface area contributed by atoms with Crippen molar-refractivity contribution in [2.45, 2.75) is 40.5 Å². The number of benzene rings is 3. The molecular formula is C29H29NO7. The van der Waals surface area contributed by atoms with Crippen LogP contribution in [0.15, 0.2) is 30.3 Å². The lowest BCUT2D eigenvalue weighted by Gasteiger charge is -2.16. The standard InChI is InChI=1S/C29H29NO7/c1-13-8-18(15(3)31)28(35)22(26(13)33)11-21-20-10-17(37-5)6-7-24(20)30-25(21)12-23-27(34)14(2)9-19(16(4)32)29(23)36/h6-10,30,33-36H,11-12H2,1-5H3. The van der Waals surface area contributed by atoms with Crippen LogP contribution in [0.4, 0.5) is 0 Å². The number of phenols is 4. The van der Waals surface area contributed by atoms with E-state index in [0.717, 1.165) is 10.9 Å². The Bertz CT molecular complexity index is 1580. The highest BCUT2D eigenvalue weighted by Gasteiger charge is 2.24. The number of ether oxygens (including phenoxy) is 1. The first kappa shape index (κ1) is 25.6. The molecule has 0 radical (unpaired) electrons. The zero-order valence-electron chi connectivity index (χ0n) is 21.3. The molecule has 0 unspecified atom stereocenters. The number of Topliss-reactive ketones (excluding diaryl/α,β-unsaturated/α-hetero) is 2. The molecule has 37 heavy (non-hydrogen) atoms. The van der Waals surface area contributed by atoms with E-state index in [-0.39, 0.29) is 69.7 Å². The monoisotopic (exact) mass is 503 g/mol. The van der Waals surface area contributed by atoms with Crippen molar-refractivity contribution in [2.24, 2.45) is 0 Å². The highest BCUT2D eigenvalue weighted by Crippen LogP contribution is 2.41. The maximum Gasteiger partial charge on any atom is 0.163 e. The van der Waals surface area contributed by atoms with Gasteiger partial charge < -0.3 is 30.1 Å². The first-order chi connectivity index (χ1) is 17.4. The SMILES string of the molecule is COc1ccc2[nH]c(Cc3c(O)c(C)cc(C(C)=O)c3O)c(Cc3c(O)c(C)cc(C(C)=O)c3O)c2c1. The van der Waals surface area contributed by atoms with Gasteiger partial charge in [0.25, 0.3) is 0 Å². The summed E-state index contributed by atoms with van der Waals surface area (Å²) < 4.78 is 5.39. The summed E-state index contributed by atoms with van der Waals surface area (Å²) in [5.41, 5.74) is 3.40. The number of aromatic hydroxyl groups is 4. The number of methoxy groups -OCH3 is 1. The van der Waals surface area contributed by atoms with E-state index in [1.807, 2.05) is 6.07 Å². The summed E-state index contributed by atoms with van der Waals surface area (Å²) in [6, 6.07) is 8.28. The molecular weight excluding hydrogens is 474 g/mol. The Balaban J connectivity index is 1.96. The van der Waals surface area contributed by atoms with Crippen LogP contribution >= 0.6 is 0 Å². The van der Waals surface area contributed by atoms with Crippen molar-refractivity contribution in [3.05, 3.63) is 75.0 Å². The molecule has 0 aliphatic heterocycles. The zero-order valence-corrected chi connectivity index (χ0v) is 21.3. The number of carbonyl (C=O) groups excluding carboxylic acids is 2. The molecule has 0 aliphatic rings. The lowest BCUT2D eigenvalue weighted by molar-refractivity contribution is 0.100. The molecule has 8 nitrogen and oxygen atoms in total. The number of hydrogen-bond acceptors (Lipinski definition) is 7. The number of aromatic amines is 1. The van der Waals surface area contributed by atoms with Crippen LogP contribution in [0.1, 0.15) is 68.1 Å². The molecule has 4 aromatic rings. The summed E-state index contributed by atoms with van der Waals surface area (Å²) in [6.45, 7) is 5.98. The summed E-state index contributed by atoms with van der Waals surface area (Å²) in [7, 11) is 1.54. The number of hydrogen-bond donors (Lipinski definition) is 5. The molecule has 0 atom stereocenters. The predicted molar refractivity (Wildman–Crippen MR) is 139 cm³/mol. The smallest absolute Gasteiger partial charge is 0.163 e. The molecule has 5 N–H and O–H groups in total. The number of rotatable bonds is 7. The third-order valence-electron chi connectivity index (χ3n) is 6.79. The number of nitrogens with one attached hydrogen (secondary N) is 1. The van der Waals surface area contributed by atoms with Gasteiger partial charge in [-0.2, -0.15) is 0 Å². The van der Waals surface area contributed by atoms with E-state index in [1.54, 1.807) is 26.0 Å². The number of fused-ring (bicyclic) bond motifs is 1. The van der Waals surface area contributed by atoms with Crippen molar-refractivity contribution in [3.8, 4) is 28.7 Å². The number of phenolic OH excluding ortho intramolecular Hbond substituents is 4. The van der Waals surface area contributed by atoms with Crippen LogP contribution in [-0.4, -0.2) is 44.1 Å². The molecule has 0 fully saturated rings. The summed E-state index contributed by atoms with van der Waals surface area (Å²) in [6.07, 6.45) is 0.0634. The molecule has 0 spiro atoms. The Morgan fingerprint density at radius 2 is 1.27 bits per heavy atom. The average Bonchev–Trinajstić information content (AvgIpc) is 3.19. The largest absolute Gasteiger partial charge is 0.507 e. The molecule has 0 saturated carbocycles. The highest BCUT2D eigenvalue weighted by atomic mass is 16.5. The van der Waals surface area contributed by atoms with Gasteiger partial charge >= 0.3 is 0 Å². The average molecular weight is 504 g/mol. The fraction of sp³-hybridized carbons (Fsp3) is 0.241. The Kier molecular flexibility index (Phi) is 6.61. The van der Waals surface area contributed by atoms with Crippen LogP contribution in [0.25, 0.3) is 10.9 Å². The minimum atomic E-state index is -0.339. The second kappa shape index (κ2) is 9.54. The van der Waals surface area contributed by atoms with Crippen molar-refractivity contribution in [3.63, 3.8) is 0 Å². The quantitative estimate of drug-likeness (QED) is 0.218. The van der Waals surface area contributed by atoms with Gasteiger partial charge in [-0.15, -0.1) is 0 Å². The molecule has 0 saturated heterocycles. The highest BCUT2D eigenvalue weighted by molar-refractivity contribution is 5.98. The van der Waals surface area contributed by atoms with Gasteiger partial charge in [-0.1, -0.05) is 0 Å². The summed E-state index contributed by atoms with van der Waals surface area (Å²) in [4.78, 5) is 27.5. The molecule has 0 aliphatic carbocycles. The molecule has 0 amide bonds. The Morgan fingerprint density at radius 3 is 1.76 bits per heavy atom. The van der Waals surface area contributed by atoms with Crippen LogP contribution in [0.2, 0.25) is 0 Å². The number of carbonyl (C=O) groups is 2. The molecule has 0 bridgehead atoms. The van der Waals surface area contributed by atoms with E-state index in [2.05, 4.69) is 4.98 Å². The summed E-state index contributed by atoms with van der Waals surface area (Å²) in [5, 5.41) is 44.1. The van der Waals surface area contributed by atoms with E-state index in [4.69, 9.17) is 4.74 Å². The van der Waals surface area contributed by atoms with Crippen LogP contribution in [0.3, 0.4) is 0 Å². The van der Waals surface area contributed by atoms with Gasteiger partial charge in [-0.3, -0.25) is 9.59 Å². The van der Waals surface area contributed by atoms with Crippen LogP contribution in [-0.2, 0) is 12.8 Å². The van der Waals surface area contributed by atoms with Crippen molar-refractivity contribution in [1.29, 1.82) is 0 Å². The van der Waals surface area contributed by atoms with Crippen molar-refractivity contribution >= 4 is 22.5 Å². The number of aromatic nitrogens is 1. The maximum atomic E-state index is 12.1. The maximum absolute atomic E-state index is 12.1. The van der Waals surface area contributed by atoms with Gasteiger partial charge in [0.1, 0.15) is 28.7 Å². The fourth-order valence-electron chi connectivity index (χ4n) is 4.72. The first-order valence-electron chi connectivity index (χ1n) is 11.7. The lowest BCUT2D eigenvalue weighted by Crippen LogP contribution is -2.03. The van der Waals surface area contributed by atoms with Crippen LogP contribution in [0.5, 0.6) is 28.7 Å². The van der Waals surface area contributed by atoms with Gasteiger partial charge in [0, 0.05) is 40.6 Å². The van der Waals surface area contributed by atoms with E-state index in [9.17, 15) is 30.0 Å². The summed E-state index contributed by atoms with van der Waals surface area (Å²) in [5.74, 6) is -0.974. The second-order valence-corrected chi connectivity index (χ2v) is 9.29. The van der Waals surface area contributed by atoms with E-state index in [0.29, 0.717) is 28.1 Å². The third kappa shape index (κ3) is 4.46. The molecule has 1 heterocycles. The fourth-order valence-corrected chi connectivity index (χ4v) is 4.72. The Hall–Kier alpha value is -4.46. The van der Waals surface area contributed by atoms with Crippen molar-refractivity contribution < 1.29 is 34.8 Å². The summed E-state index contributed by atoms with van der Waals surface area (Å²) >= 11 is 0. The van der Waals surface area contributed by atoms with E-state index < -0.39 is 0 Å². The topological polar surface area (TPSA) is 140 Å². The number of H-pyrrole nitrogens is 1. The molecule has 8 heteroatoms. The van der Waals surface area contributed by atoms with Gasteiger partial charge in [0.2, 0.25) is 0 Å². The van der Waals surface area contributed by atoms with Crippen LogP contribution in [0, 0.1) is 13.8 Å². The predicted octanol–water partition coefficient (Wildman–Crippen LogP) is 5.20. The minimum absolute atomic E-state index is 0.0266. The Labute approximate surface area is 213 Å². The van der Waals surface area contributed by atoms with Gasteiger partial charge in [0.15, 0.2) is 11.6 Å². The lowest BCUT2D eigenvalue weighted by atomic mass is 9.92. The number of ketones is 2. The van der Waals surface area contributed by atoms with Gasteiger partial charge in [-0.05, 0) is 74.7 Å². The minimum Gasteiger partial charge on any atom is -0.507 e. The zero-order chi connectivity index (χ0) is 27.2. The van der Waals surface area contributed by atoms with E-state index >= 15 is 0 Å². The van der Waals surface area contributed by atoms with E-state index in [1.165, 1.54) is 33.1 Å². The van der Waals surface area contributed by atoms with Gasteiger partial charge in [0.05, 0.1) is 18.2 Å². The first-order valence-corrected chi connectivity index (χ1v) is 11.7. The van der Waals surface area contributed by atoms with Crippen molar-refractivity contribution in [2.75, 3.05) is 7.11 Å². The number of aryl methyl sites for hydroxylation is 2. The molecule has 3 aromatic carbocycles. The normalized spacial score (nSPS) is 11.2. The molecule has 4 rings (SSSR count). The third-order valence-corrected chi connectivity index (χ3v) is 6.79. The molecule has 192 valence electrons.